The number of likely N-dealkylation sites (tertiary alicyclic amines) is 2. The van der Waals surface area contributed by atoms with Gasteiger partial charge in [-0.2, -0.15) is 0 Å². The third kappa shape index (κ3) is 6.01. The Hall–Kier alpha value is -1.30. The molecule has 2 fully saturated rings. The van der Waals surface area contributed by atoms with E-state index in [1.807, 2.05) is 4.90 Å². The molecule has 0 saturated carbocycles. The number of hydrogen-bond donors (Lipinski definition) is 2. The maximum Gasteiger partial charge on any atom is 0.314 e. The summed E-state index contributed by atoms with van der Waals surface area (Å²) in [4.78, 5) is 28.0. The number of carbonyl (C=O) groups excluding carboxylic acids is 2. The summed E-state index contributed by atoms with van der Waals surface area (Å²) in [5.74, 6) is 0.974. The first-order chi connectivity index (χ1) is 11.1. The highest BCUT2D eigenvalue weighted by atomic mass is 16.2. The van der Waals surface area contributed by atoms with Gasteiger partial charge in [0.15, 0.2) is 0 Å². The third-order valence-corrected chi connectivity index (χ3v) is 5.08. The normalized spacial score (nSPS) is 21.2. The number of nitrogens with zero attached hydrogens (tertiary/aromatic N) is 2. The SMILES string of the molecule is CC1CCN(C(C)CNC(=O)NCCC(=O)N2CCCC2)CC1. The Kier molecular flexibility index (Phi) is 7.15. The molecule has 0 aromatic heterocycles. The number of piperidine rings is 1. The van der Waals surface area contributed by atoms with E-state index in [2.05, 4.69) is 29.4 Å². The second-order valence-electron chi connectivity index (χ2n) is 7.04. The molecule has 2 heterocycles. The summed E-state index contributed by atoms with van der Waals surface area (Å²) in [5, 5.41) is 5.70. The van der Waals surface area contributed by atoms with Gasteiger partial charge in [0.1, 0.15) is 0 Å². The van der Waals surface area contributed by atoms with E-state index in [-0.39, 0.29) is 11.9 Å². The molecule has 6 nitrogen and oxygen atoms in total. The molecule has 0 aromatic rings. The van der Waals surface area contributed by atoms with Crippen LogP contribution in [0.5, 0.6) is 0 Å². The van der Waals surface area contributed by atoms with Gasteiger partial charge in [-0.15, -0.1) is 0 Å². The first kappa shape index (κ1) is 18.0. The standard InChI is InChI=1S/C17H32N4O2/c1-14-6-11-20(12-7-14)15(2)13-19-17(23)18-8-5-16(22)21-9-3-4-10-21/h14-15H,3-13H2,1-2H3,(H2,18,19,23). The first-order valence-electron chi connectivity index (χ1n) is 9.10. The second-order valence-corrected chi connectivity index (χ2v) is 7.04. The van der Waals surface area contributed by atoms with Gasteiger partial charge in [-0.05, 0) is 51.6 Å². The number of urea groups is 1. The first-order valence-corrected chi connectivity index (χ1v) is 9.10. The number of rotatable bonds is 6. The molecule has 2 rings (SSSR count). The van der Waals surface area contributed by atoms with Crippen LogP contribution in [0.3, 0.4) is 0 Å². The molecule has 2 aliphatic rings. The predicted octanol–water partition coefficient (Wildman–Crippen LogP) is 1.42. The molecule has 23 heavy (non-hydrogen) atoms. The van der Waals surface area contributed by atoms with E-state index in [1.165, 1.54) is 12.8 Å². The van der Waals surface area contributed by atoms with E-state index >= 15 is 0 Å². The lowest BCUT2D eigenvalue weighted by Crippen LogP contribution is -2.47. The molecule has 132 valence electrons. The van der Waals surface area contributed by atoms with Crippen molar-refractivity contribution >= 4 is 11.9 Å². The van der Waals surface area contributed by atoms with Crippen molar-refractivity contribution in [3.8, 4) is 0 Å². The zero-order valence-corrected chi connectivity index (χ0v) is 14.6. The average molecular weight is 324 g/mol. The fraction of sp³-hybridized carbons (Fsp3) is 0.882. The third-order valence-electron chi connectivity index (χ3n) is 5.08. The van der Waals surface area contributed by atoms with Crippen LogP contribution in [-0.2, 0) is 4.79 Å². The summed E-state index contributed by atoms with van der Waals surface area (Å²) >= 11 is 0. The molecule has 6 heteroatoms. The van der Waals surface area contributed by atoms with Crippen molar-refractivity contribution in [2.45, 2.75) is 52.0 Å². The van der Waals surface area contributed by atoms with Crippen LogP contribution in [0.25, 0.3) is 0 Å². The van der Waals surface area contributed by atoms with Crippen molar-refractivity contribution < 1.29 is 9.59 Å². The van der Waals surface area contributed by atoms with Crippen molar-refractivity contribution in [2.75, 3.05) is 39.3 Å². The fourth-order valence-corrected chi connectivity index (χ4v) is 3.31. The lowest BCUT2D eigenvalue weighted by Gasteiger charge is -2.34. The zero-order chi connectivity index (χ0) is 16.7. The van der Waals surface area contributed by atoms with Crippen molar-refractivity contribution in [2.24, 2.45) is 5.92 Å². The van der Waals surface area contributed by atoms with Gasteiger partial charge < -0.3 is 15.5 Å². The molecule has 3 amide bonds. The molecule has 2 aliphatic heterocycles. The van der Waals surface area contributed by atoms with Gasteiger partial charge in [0, 0.05) is 38.6 Å². The summed E-state index contributed by atoms with van der Waals surface area (Å²) in [7, 11) is 0. The Labute approximate surface area is 140 Å². The average Bonchev–Trinajstić information content (AvgIpc) is 3.07. The topological polar surface area (TPSA) is 64.7 Å². The highest BCUT2D eigenvalue weighted by Gasteiger charge is 2.21. The molecule has 1 unspecified atom stereocenters. The molecule has 2 saturated heterocycles. The van der Waals surface area contributed by atoms with E-state index in [0.717, 1.165) is 44.9 Å². The van der Waals surface area contributed by atoms with Crippen molar-refractivity contribution in [1.29, 1.82) is 0 Å². The molecule has 1 atom stereocenters. The molecular weight excluding hydrogens is 292 g/mol. The summed E-state index contributed by atoms with van der Waals surface area (Å²) in [6.45, 7) is 9.52. The molecule has 2 N–H and O–H groups in total. The van der Waals surface area contributed by atoms with Gasteiger partial charge in [-0.3, -0.25) is 9.69 Å². The van der Waals surface area contributed by atoms with E-state index in [4.69, 9.17) is 0 Å². The van der Waals surface area contributed by atoms with Gasteiger partial charge in [0.25, 0.3) is 0 Å². The maximum absolute atomic E-state index is 11.9. The molecule has 0 bridgehead atoms. The van der Waals surface area contributed by atoms with Crippen LogP contribution in [0.1, 0.15) is 46.0 Å². The maximum atomic E-state index is 11.9. The predicted molar refractivity (Wildman–Crippen MR) is 91.3 cm³/mol. The van der Waals surface area contributed by atoms with Gasteiger partial charge in [-0.1, -0.05) is 6.92 Å². The second kappa shape index (κ2) is 9.11. The monoisotopic (exact) mass is 324 g/mol. The van der Waals surface area contributed by atoms with Gasteiger partial charge in [0.2, 0.25) is 5.91 Å². The fourth-order valence-electron chi connectivity index (χ4n) is 3.31. The summed E-state index contributed by atoms with van der Waals surface area (Å²) in [6.07, 6.45) is 5.09. The largest absolute Gasteiger partial charge is 0.343 e. The van der Waals surface area contributed by atoms with Gasteiger partial charge in [0.05, 0.1) is 0 Å². The van der Waals surface area contributed by atoms with Crippen LogP contribution in [0.4, 0.5) is 4.79 Å². The van der Waals surface area contributed by atoms with Gasteiger partial charge in [-0.25, -0.2) is 4.79 Å². The highest BCUT2D eigenvalue weighted by Crippen LogP contribution is 2.17. The van der Waals surface area contributed by atoms with Crippen LogP contribution in [0.15, 0.2) is 0 Å². The van der Waals surface area contributed by atoms with Crippen LogP contribution < -0.4 is 10.6 Å². The van der Waals surface area contributed by atoms with Crippen molar-refractivity contribution in [3.05, 3.63) is 0 Å². The number of nitrogens with one attached hydrogen (secondary N) is 2. The summed E-state index contributed by atoms with van der Waals surface area (Å²) < 4.78 is 0. The minimum absolute atomic E-state index is 0.151. The van der Waals surface area contributed by atoms with Gasteiger partial charge >= 0.3 is 6.03 Å². The molecule has 0 aromatic carbocycles. The van der Waals surface area contributed by atoms with E-state index in [0.29, 0.717) is 25.6 Å². The minimum Gasteiger partial charge on any atom is -0.343 e. The molecular formula is C17H32N4O2. The van der Waals surface area contributed by atoms with E-state index in [9.17, 15) is 9.59 Å². The molecule has 0 spiro atoms. The summed E-state index contributed by atoms with van der Waals surface area (Å²) in [6, 6.07) is 0.191. The minimum atomic E-state index is -0.170. The lowest BCUT2D eigenvalue weighted by atomic mass is 9.98. The number of amides is 3. The Balaban J connectivity index is 1.55. The number of hydrogen-bond acceptors (Lipinski definition) is 3. The van der Waals surface area contributed by atoms with Crippen LogP contribution in [0.2, 0.25) is 0 Å². The quantitative estimate of drug-likeness (QED) is 0.776. The zero-order valence-electron chi connectivity index (χ0n) is 14.6. The molecule has 0 radical (unpaired) electrons. The van der Waals surface area contributed by atoms with Crippen LogP contribution in [-0.4, -0.2) is 67.0 Å². The summed E-state index contributed by atoms with van der Waals surface area (Å²) in [5.41, 5.74) is 0. The lowest BCUT2D eigenvalue weighted by molar-refractivity contribution is -0.129. The van der Waals surface area contributed by atoms with Crippen LogP contribution in [0, 0.1) is 5.92 Å². The van der Waals surface area contributed by atoms with Crippen molar-refractivity contribution in [1.82, 2.24) is 20.4 Å². The Bertz CT molecular complexity index is 388. The van der Waals surface area contributed by atoms with Crippen molar-refractivity contribution in [3.63, 3.8) is 0 Å². The Morgan fingerprint density at radius 2 is 1.74 bits per heavy atom. The highest BCUT2D eigenvalue weighted by molar-refractivity contribution is 5.78. The Morgan fingerprint density at radius 3 is 2.39 bits per heavy atom. The molecule has 0 aliphatic carbocycles. The van der Waals surface area contributed by atoms with E-state index < -0.39 is 0 Å². The smallest absolute Gasteiger partial charge is 0.314 e. The Morgan fingerprint density at radius 1 is 1.09 bits per heavy atom. The van der Waals surface area contributed by atoms with E-state index in [1.54, 1.807) is 0 Å². The number of carbonyl (C=O) groups is 2. The van der Waals surface area contributed by atoms with Crippen LogP contribution >= 0.6 is 0 Å².